The van der Waals surface area contributed by atoms with Gasteiger partial charge in [-0.15, -0.1) is 0 Å². The van der Waals surface area contributed by atoms with Crippen molar-refractivity contribution in [1.82, 2.24) is 9.13 Å². The van der Waals surface area contributed by atoms with Crippen molar-refractivity contribution in [2.24, 2.45) is 0 Å². The van der Waals surface area contributed by atoms with E-state index in [2.05, 4.69) is 11.4 Å². The zero-order valence-corrected chi connectivity index (χ0v) is 19.2. The summed E-state index contributed by atoms with van der Waals surface area (Å²) in [6, 6.07) is 25.6. The number of hydrogen-bond donors (Lipinski definition) is 1. The van der Waals surface area contributed by atoms with Gasteiger partial charge in [-0.05, 0) is 47.9 Å². The third-order valence-electron chi connectivity index (χ3n) is 6.25. The summed E-state index contributed by atoms with van der Waals surface area (Å²) in [7, 11) is 0. The van der Waals surface area contributed by atoms with Crippen molar-refractivity contribution in [2.45, 2.75) is 18.9 Å². The number of quaternary nitrogens is 1. The van der Waals surface area contributed by atoms with Crippen LogP contribution in [0.25, 0.3) is 11.4 Å². The molecule has 0 bridgehead atoms. The van der Waals surface area contributed by atoms with Crippen LogP contribution >= 0.6 is 12.2 Å². The van der Waals surface area contributed by atoms with E-state index in [-0.39, 0.29) is 22.8 Å². The minimum Gasteiger partial charge on any atom is -0.859 e. The number of aromatic nitrogens is 2. The molecule has 34 heavy (non-hydrogen) atoms. The van der Waals surface area contributed by atoms with E-state index in [4.69, 9.17) is 12.2 Å². The number of Topliss-reactive ketones (excluding diaryl/α,β-unsaturated/α-hetero) is 1. The van der Waals surface area contributed by atoms with Crippen molar-refractivity contribution in [3.8, 4) is 17.3 Å². The predicted octanol–water partition coefficient (Wildman–Crippen LogP) is 2.86. The van der Waals surface area contributed by atoms with Crippen LogP contribution in [0.4, 0.5) is 0 Å². The minimum atomic E-state index is -0.678. The molecule has 2 N–H and O–H groups in total. The van der Waals surface area contributed by atoms with Gasteiger partial charge in [-0.2, -0.15) is 0 Å². The molecule has 0 radical (unpaired) electrons. The van der Waals surface area contributed by atoms with Crippen LogP contribution < -0.4 is 16.0 Å². The van der Waals surface area contributed by atoms with E-state index in [9.17, 15) is 14.7 Å². The lowest BCUT2D eigenvalue weighted by Gasteiger charge is -2.26. The molecule has 2 heterocycles. The summed E-state index contributed by atoms with van der Waals surface area (Å²) in [6.45, 7) is 0.850. The third kappa shape index (κ3) is 3.89. The van der Waals surface area contributed by atoms with E-state index >= 15 is 0 Å². The number of carbonyl (C=O) groups is 1. The third-order valence-corrected chi connectivity index (χ3v) is 6.61. The molecule has 0 saturated carbocycles. The van der Waals surface area contributed by atoms with Gasteiger partial charge < -0.3 is 15.0 Å². The molecule has 1 unspecified atom stereocenters. The SMILES string of the molecule is O=C(CC1[NH2+]CCc2ccccc21)c1c([O-])n(-c2ccccc2)c(=S)n(-c2ccccc2)c1=O. The second kappa shape index (κ2) is 9.21. The molecular weight excluding hydrogens is 446 g/mol. The van der Waals surface area contributed by atoms with Crippen LogP contribution in [-0.4, -0.2) is 21.5 Å². The molecule has 1 aliphatic rings. The summed E-state index contributed by atoms with van der Waals surface area (Å²) in [5.41, 5.74) is 2.25. The number of hydrogen-bond acceptors (Lipinski definition) is 4. The fourth-order valence-electron chi connectivity index (χ4n) is 4.62. The van der Waals surface area contributed by atoms with Crippen molar-refractivity contribution in [3.63, 3.8) is 0 Å². The maximum atomic E-state index is 13.6. The van der Waals surface area contributed by atoms with Gasteiger partial charge in [-0.1, -0.05) is 60.7 Å². The Bertz CT molecular complexity index is 1480. The Kier molecular flexibility index (Phi) is 5.96. The van der Waals surface area contributed by atoms with Crippen molar-refractivity contribution in [1.29, 1.82) is 0 Å². The van der Waals surface area contributed by atoms with Crippen LogP contribution in [0, 0.1) is 4.77 Å². The number of benzene rings is 3. The van der Waals surface area contributed by atoms with Crippen molar-refractivity contribution in [3.05, 3.63) is 117 Å². The molecule has 1 atom stereocenters. The molecule has 170 valence electrons. The Labute approximate surface area is 201 Å². The number of nitrogens with zero attached hydrogens (tertiary/aromatic N) is 2. The second-order valence-electron chi connectivity index (χ2n) is 8.32. The number of para-hydroxylation sites is 2. The molecule has 1 aromatic heterocycles. The van der Waals surface area contributed by atoms with Gasteiger partial charge in [-0.25, -0.2) is 0 Å². The molecule has 7 heteroatoms. The summed E-state index contributed by atoms with van der Waals surface area (Å²) >= 11 is 5.60. The Hall–Kier alpha value is -3.81. The Morgan fingerprint density at radius 1 is 0.912 bits per heavy atom. The van der Waals surface area contributed by atoms with E-state index in [0.29, 0.717) is 11.4 Å². The topological polar surface area (TPSA) is 83.7 Å². The van der Waals surface area contributed by atoms with Gasteiger partial charge in [0.15, 0.2) is 10.6 Å². The number of carbonyl (C=O) groups excluding carboxylic acids is 1. The molecular formula is C27H23N3O3S. The molecule has 6 nitrogen and oxygen atoms in total. The molecule has 1 aliphatic heterocycles. The number of fused-ring (bicyclic) bond motifs is 1. The van der Waals surface area contributed by atoms with E-state index in [0.717, 1.165) is 18.5 Å². The highest BCUT2D eigenvalue weighted by atomic mass is 32.1. The monoisotopic (exact) mass is 469 g/mol. The highest BCUT2D eigenvalue weighted by Gasteiger charge is 2.28. The lowest BCUT2D eigenvalue weighted by atomic mass is 9.90. The summed E-state index contributed by atoms with van der Waals surface area (Å²) < 4.78 is 2.57. The van der Waals surface area contributed by atoms with Crippen LogP contribution in [0.5, 0.6) is 5.88 Å². The standard InChI is InChI=1S/C27H23N3O3S/c31-23(17-22-21-14-8-7-9-18(21)15-16-28-22)24-25(32)29(19-10-3-1-4-11-19)27(34)30(26(24)33)20-12-5-2-6-13-20/h1-14,22,28,32H,15-17H2. The van der Waals surface area contributed by atoms with Crippen LogP contribution in [0.1, 0.15) is 33.9 Å². The first kappa shape index (κ1) is 22.0. The van der Waals surface area contributed by atoms with E-state index < -0.39 is 17.2 Å². The van der Waals surface area contributed by atoms with Gasteiger partial charge in [0.1, 0.15) is 6.04 Å². The van der Waals surface area contributed by atoms with Crippen LogP contribution in [0.15, 0.2) is 89.7 Å². The predicted molar refractivity (Wildman–Crippen MR) is 130 cm³/mol. The minimum absolute atomic E-state index is 0.0264. The van der Waals surface area contributed by atoms with Crippen LogP contribution in [-0.2, 0) is 6.42 Å². The van der Waals surface area contributed by atoms with E-state index in [1.54, 1.807) is 48.5 Å². The highest BCUT2D eigenvalue weighted by molar-refractivity contribution is 7.71. The smallest absolute Gasteiger partial charge is 0.269 e. The van der Waals surface area contributed by atoms with Crippen LogP contribution in [0.3, 0.4) is 0 Å². The summed E-state index contributed by atoms with van der Waals surface area (Å²) in [5.74, 6) is -1.15. The second-order valence-corrected chi connectivity index (χ2v) is 8.68. The maximum absolute atomic E-state index is 13.6. The van der Waals surface area contributed by atoms with Crippen LogP contribution in [0.2, 0.25) is 0 Å². The lowest BCUT2D eigenvalue weighted by molar-refractivity contribution is -0.698. The first-order chi connectivity index (χ1) is 16.6. The van der Waals surface area contributed by atoms with Gasteiger partial charge in [-0.3, -0.25) is 14.2 Å². The normalized spacial score (nSPS) is 15.0. The zero-order chi connectivity index (χ0) is 23.7. The van der Waals surface area contributed by atoms with E-state index in [1.165, 1.54) is 14.7 Å². The fourth-order valence-corrected chi connectivity index (χ4v) is 5.00. The molecule has 0 fully saturated rings. The summed E-state index contributed by atoms with van der Waals surface area (Å²) in [5, 5.41) is 15.7. The van der Waals surface area contributed by atoms with Gasteiger partial charge in [0, 0.05) is 17.7 Å². The van der Waals surface area contributed by atoms with Crippen molar-refractivity contribution in [2.75, 3.05) is 6.54 Å². The van der Waals surface area contributed by atoms with E-state index in [1.807, 2.05) is 30.3 Å². The fraction of sp³-hybridized carbons (Fsp3) is 0.148. The van der Waals surface area contributed by atoms with Gasteiger partial charge in [0.2, 0.25) is 0 Å². The Morgan fingerprint density at radius 2 is 1.50 bits per heavy atom. The average Bonchev–Trinajstić information content (AvgIpc) is 2.85. The van der Waals surface area contributed by atoms with Crippen molar-refractivity contribution < 1.29 is 15.2 Å². The number of rotatable bonds is 5. The molecule has 0 spiro atoms. The summed E-state index contributed by atoms with van der Waals surface area (Å²) in [6.07, 6.45) is 0.981. The van der Waals surface area contributed by atoms with Gasteiger partial charge in [0.05, 0.1) is 24.2 Å². The van der Waals surface area contributed by atoms with Gasteiger partial charge >= 0.3 is 0 Å². The van der Waals surface area contributed by atoms with Crippen molar-refractivity contribution >= 4 is 18.0 Å². The lowest BCUT2D eigenvalue weighted by Crippen LogP contribution is -2.87. The molecule has 3 aromatic carbocycles. The number of ketones is 1. The first-order valence-corrected chi connectivity index (χ1v) is 11.6. The molecule has 4 aromatic rings. The van der Waals surface area contributed by atoms with Gasteiger partial charge in [0.25, 0.3) is 5.56 Å². The molecule has 0 saturated heterocycles. The first-order valence-electron chi connectivity index (χ1n) is 11.2. The molecule has 5 rings (SSSR count). The number of nitrogens with two attached hydrogens (primary N) is 1. The quantitative estimate of drug-likeness (QED) is 0.360. The Morgan fingerprint density at radius 3 is 2.18 bits per heavy atom. The summed E-state index contributed by atoms with van der Waals surface area (Å²) in [4.78, 5) is 27.1. The Balaban J connectivity index is 1.68. The molecule has 0 aliphatic carbocycles. The maximum Gasteiger partial charge on any atom is 0.269 e. The zero-order valence-electron chi connectivity index (χ0n) is 18.4. The largest absolute Gasteiger partial charge is 0.859 e. The highest BCUT2D eigenvalue weighted by Crippen LogP contribution is 2.25. The average molecular weight is 470 g/mol. The molecule has 0 amide bonds.